The van der Waals surface area contributed by atoms with E-state index in [2.05, 4.69) is 10.7 Å². The molecule has 0 spiro atoms. The molecule has 1 aromatic rings. The van der Waals surface area contributed by atoms with Crippen molar-refractivity contribution >= 4 is 42.1 Å². The van der Waals surface area contributed by atoms with E-state index in [1.54, 1.807) is 11.3 Å². The predicted molar refractivity (Wildman–Crippen MR) is 97.4 cm³/mol. The molecule has 3 N–H and O–H groups in total. The highest BCUT2D eigenvalue weighted by molar-refractivity contribution is 7.09. The van der Waals surface area contributed by atoms with E-state index in [1.165, 1.54) is 37.8 Å². The number of hydrogen-bond acceptors (Lipinski definition) is 4. The fourth-order valence-corrected chi connectivity index (χ4v) is 3.57. The first-order valence-corrected chi connectivity index (χ1v) is 8.58. The third-order valence-corrected chi connectivity index (χ3v) is 4.79. The maximum atomic E-state index is 11.5. The molecular formula is C15H27Cl2N3OS. The van der Waals surface area contributed by atoms with Gasteiger partial charge in [0.15, 0.2) is 0 Å². The van der Waals surface area contributed by atoms with Gasteiger partial charge < -0.3 is 11.1 Å². The molecule has 1 aromatic heterocycles. The van der Waals surface area contributed by atoms with Crippen molar-refractivity contribution in [3.8, 4) is 0 Å². The molecule has 0 saturated heterocycles. The molecule has 4 nitrogen and oxygen atoms in total. The van der Waals surface area contributed by atoms with Gasteiger partial charge in [-0.3, -0.25) is 4.79 Å². The summed E-state index contributed by atoms with van der Waals surface area (Å²) in [6.45, 7) is 1.26. The number of thiazole rings is 1. The van der Waals surface area contributed by atoms with E-state index >= 15 is 0 Å². The Morgan fingerprint density at radius 1 is 1.32 bits per heavy atom. The van der Waals surface area contributed by atoms with Crippen molar-refractivity contribution in [2.45, 2.75) is 57.3 Å². The van der Waals surface area contributed by atoms with E-state index in [-0.39, 0.29) is 30.7 Å². The van der Waals surface area contributed by atoms with E-state index < -0.39 is 0 Å². The highest BCUT2D eigenvalue weighted by Gasteiger charge is 2.18. The van der Waals surface area contributed by atoms with Crippen molar-refractivity contribution in [3.63, 3.8) is 0 Å². The lowest BCUT2D eigenvalue weighted by Gasteiger charge is -2.19. The van der Waals surface area contributed by atoms with Gasteiger partial charge >= 0.3 is 0 Å². The minimum atomic E-state index is 0. The minimum Gasteiger partial charge on any atom is -0.356 e. The van der Waals surface area contributed by atoms with Crippen molar-refractivity contribution in [1.82, 2.24) is 10.3 Å². The van der Waals surface area contributed by atoms with Gasteiger partial charge in [-0.1, -0.05) is 19.3 Å². The smallest absolute Gasteiger partial charge is 0.220 e. The SMILES string of the molecule is Cl.Cl.NCCCC(=O)NCCc1nc(C2CCCCC2)cs1. The Morgan fingerprint density at radius 3 is 2.73 bits per heavy atom. The zero-order valence-electron chi connectivity index (χ0n) is 12.9. The van der Waals surface area contributed by atoms with Crippen LogP contribution in [-0.4, -0.2) is 24.0 Å². The molecule has 1 heterocycles. The van der Waals surface area contributed by atoms with Gasteiger partial charge in [0.2, 0.25) is 5.91 Å². The molecule has 22 heavy (non-hydrogen) atoms. The number of halogens is 2. The van der Waals surface area contributed by atoms with Crippen LogP contribution in [0.25, 0.3) is 0 Å². The van der Waals surface area contributed by atoms with Crippen LogP contribution in [0.15, 0.2) is 5.38 Å². The zero-order chi connectivity index (χ0) is 14.2. The van der Waals surface area contributed by atoms with Crippen LogP contribution in [0.5, 0.6) is 0 Å². The predicted octanol–water partition coefficient (Wildman–Crippen LogP) is 3.43. The van der Waals surface area contributed by atoms with E-state index in [4.69, 9.17) is 10.7 Å². The highest BCUT2D eigenvalue weighted by Crippen LogP contribution is 2.32. The number of carbonyl (C=O) groups is 1. The third-order valence-electron chi connectivity index (χ3n) is 3.86. The van der Waals surface area contributed by atoms with E-state index in [0.29, 0.717) is 25.4 Å². The summed E-state index contributed by atoms with van der Waals surface area (Å²) in [6.07, 6.45) is 8.77. The summed E-state index contributed by atoms with van der Waals surface area (Å²) < 4.78 is 0. The maximum Gasteiger partial charge on any atom is 0.220 e. The first-order chi connectivity index (χ1) is 9.79. The molecule has 128 valence electrons. The van der Waals surface area contributed by atoms with Gasteiger partial charge in [-0.05, 0) is 25.8 Å². The van der Waals surface area contributed by atoms with Gasteiger partial charge in [0.25, 0.3) is 0 Å². The molecule has 0 atom stereocenters. The molecule has 0 unspecified atom stereocenters. The second kappa shape index (κ2) is 12.1. The maximum absolute atomic E-state index is 11.5. The number of rotatable bonds is 7. The van der Waals surface area contributed by atoms with Gasteiger partial charge in [0, 0.05) is 30.7 Å². The number of hydrogen-bond donors (Lipinski definition) is 2. The summed E-state index contributed by atoms with van der Waals surface area (Å²) >= 11 is 1.73. The molecule has 0 aliphatic heterocycles. The van der Waals surface area contributed by atoms with Crippen molar-refractivity contribution in [2.24, 2.45) is 5.73 Å². The van der Waals surface area contributed by atoms with Gasteiger partial charge in [0.1, 0.15) is 0 Å². The Bertz CT molecular complexity index is 423. The monoisotopic (exact) mass is 367 g/mol. The molecule has 0 aromatic carbocycles. The largest absolute Gasteiger partial charge is 0.356 e. The number of nitrogens with zero attached hydrogens (tertiary/aromatic N) is 1. The number of carbonyl (C=O) groups excluding carboxylic acids is 1. The number of nitrogens with two attached hydrogens (primary N) is 1. The van der Waals surface area contributed by atoms with Crippen LogP contribution < -0.4 is 11.1 Å². The average molecular weight is 368 g/mol. The fourth-order valence-electron chi connectivity index (χ4n) is 2.69. The van der Waals surface area contributed by atoms with Crippen LogP contribution in [0.4, 0.5) is 0 Å². The van der Waals surface area contributed by atoms with Crippen LogP contribution in [0, 0.1) is 0 Å². The van der Waals surface area contributed by atoms with Crippen molar-refractivity contribution in [1.29, 1.82) is 0 Å². The molecule has 2 rings (SSSR count). The molecular weight excluding hydrogens is 341 g/mol. The Balaban J connectivity index is 0.00000220. The van der Waals surface area contributed by atoms with E-state index in [1.807, 2.05) is 0 Å². The van der Waals surface area contributed by atoms with Crippen molar-refractivity contribution in [3.05, 3.63) is 16.1 Å². The lowest BCUT2D eigenvalue weighted by Crippen LogP contribution is -2.26. The zero-order valence-corrected chi connectivity index (χ0v) is 15.3. The van der Waals surface area contributed by atoms with Crippen molar-refractivity contribution < 1.29 is 4.79 Å². The standard InChI is InChI=1S/C15H25N3OS.2ClH/c16-9-4-7-14(19)17-10-8-15-18-13(11-20-15)12-5-2-1-3-6-12;;/h11-12H,1-10,16H2,(H,17,19);2*1H. The topological polar surface area (TPSA) is 68.0 Å². The number of nitrogens with one attached hydrogen (secondary N) is 1. The molecule has 1 fully saturated rings. The summed E-state index contributed by atoms with van der Waals surface area (Å²) in [4.78, 5) is 16.2. The summed E-state index contributed by atoms with van der Waals surface area (Å²) in [5.41, 5.74) is 6.66. The first kappa shape index (κ1) is 21.6. The second-order valence-electron chi connectivity index (χ2n) is 5.49. The number of amides is 1. The Hall–Kier alpha value is -0.360. The summed E-state index contributed by atoms with van der Waals surface area (Å²) in [5.74, 6) is 0.771. The fraction of sp³-hybridized carbons (Fsp3) is 0.733. The second-order valence-corrected chi connectivity index (χ2v) is 6.44. The summed E-state index contributed by atoms with van der Waals surface area (Å²) in [7, 11) is 0. The molecule has 7 heteroatoms. The first-order valence-electron chi connectivity index (χ1n) is 7.70. The van der Waals surface area contributed by atoms with E-state index in [0.717, 1.165) is 17.8 Å². The van der Waals surface area contributed by atoms with Gasteiger partial charge in [0.05, 0.1) is 10.7 Å². The van der Waals surface area contributed by atoms with Crippen LogP contribution in [0.2, 0.25) is 0 Å². The molecule has 1 amide bonds. The highest BCUT2D eigenvalue weighted by atomic mass is 35.5. The van der Waals surface area contributed by atoms with Crippen LogP contribution in [-0.2, 0) is 11.2 Å². The minimum absolute atomic E-state index is 0. The normalized spacial score (nSPS) is 14.8. The number of aromatic nitrogens is 1. The Kier molecular flexibility index (Phi) is 11.9. The molecule has 1 saturated carbocycles. The molecule has 1 aliphatic rings. The van der Waals surface area contributed by atoms with Gasteiger partial charge in [-0.2, -0.15) is 0 Å². The van der Waals surface area contributed by atoms with Crippen LogP contribution in [0.1, 0.15) is 61.6 Å². The van der Waals surface area contributed by atoms with E-state index in [9.17, 15) is 4.79 Å². The molecule has 0 bridgehead atoms. The summed E-state index contributed by atoms with van der Waals surface area (Å²) in [6, 6.07) is 0. The Labute approximate surface area is 149 Å². The lowest BCUT2D eigenvalue weighted by molar-refractivity contribution is -0.121. The van der Waals surface area contributed by atoms with Gasteiger partial charge in [-0.15, -0.1) is 36.2 Å². The quantitative estimate of drug-likeness (QED) is 0.775. The molecule has 1 aliphatic carbocycles. The molecule has 0 radical (unpaired) electrons. The Morgan fingerprint density at radius 2 is 2.05 bits per heavy atom. The van der Waals surface area contributed by atoms with Crippen LogP contribution in [0.3, 0.4) is 0 Å². The lowest BCUT2D eigenvalue weighted by atomic mass is 9.87. The van der Waals surface area contributed by atoms with Gasteiger partial charge in [-0.25, -0.2) is 4.98 Å². The average Bonchev–Trinajstić information content (AvgIpc) is 2.95. The third kappa shape index (κ3) is 7.27. The van der Waals surface area contributed by atoms with Crippen LogP contribution >= 0.6 is 36.2 Å². The summed E-state index contributed by atoms with van der Waals surface area (Å²) in [5, 5.41) is 6.28. The van der Waals surface area contributed by atoms with Crippen molar-refractivity contribution in [2.75, 3.05) is 13.1 Å².